The van der Waals surface area contributed by atoms with Crippen LogP contribution in [-0.4, -0.2) is 0 Å². The Morgan fingerprint density at radius 1 is 1.29 bits per heavy atom. The molecule has 1 heteroatoms. The zero-order valence-corrected chi connectivity index (χ0v) is 5.91. The average Bonchev–Trinajstić information content (AvgIpc) is 1.35. The molecule has 0 heterocycles. The summed E-state index contributed by atoms with van der Waals surface area (Å²) in [4.78, 5) is 0. The zero-order valence-electron chi connectivity index (χ0n) is 5.91. The molecule has 3 N–H and O–H groups in total. The fourth-order valence-electron chi connectivity index (χ4n) is 0. The van der Waals surface area contributed by atoms with Gasteiger partial charge in [-0.25, -0.2) is 0 Å². The lowest BCUT2D eigenvalue weighted by Crippen LogP contribution is -2.00. The van der Waals surface area contributed by atoms with Crippen molar-refractivity contribution in [1.29, 1.82) is 0 Å². The summed E-state index contributed by atoms with van der Waals surface area (Å²) >= 11 is 0. The van der Waals surface area contributed by atoms with E-state index in [1.807, 2.05) is 0 Å². The molecule has 50 valence electrons. The summed E-state index contributed by atoms with van der Waals surface area (Å²) in [5.74, 6) is 0. The SMILES string of the molecule is CCC(C)(C)C.N.[HH].[HH]. The molecule has 7 heavy (non-hydrogen) atoms. The molecule has 0 rings (SSSR count). The fraction of sp³-hybridized carbons (Fsp3) is 1.00. The van der Waals surface area contributed by atoms with Crippen molar-refractivity contribution < 1.29 is 2.85 Å². The van der Waals surface area contributed by atoms with Crippen molar-refractivity contribution in [2.24, 2.45) is 5.41 Å². The standard InChI is InChI=1S/C6H14.H3N.2H2/c1-5-6(2,3)4;;;/h5H2,1-4H3;1H3;2*1H. The van der Waals surface area contributed by atoms with Crippen LogP contribution in [0.1, 0.15) is 37.0 Å². The van der Waals surface area contributed by atoms with E-state index in [1.54, 1.807) is 0 Å². The number of hydrogen-bond acceptors (Lipinski definition) is 1. The molecule has 0 aromatic heterocycles. The maximum Gasteiger partial charge on any atom is 0 e. The van der Waals surface area contributed by atoms with E-state index in [2.05, 4.69) is 27.7 Å². The van der Waals surface area contributed by atoms with E-state index in [1.165, 1.54) is 6.42 Å². The lowest BCUT2D eigenvalue weighted by atomic mass is 9.94. The van der Waals surface area contributed by atoms with Gasteiger partial charge in [0, 0.05) is 2.85 Å². The summed E-state index contributed by atoms with van der Waals surface area (Å²) in [6, 6.07) is 0. The fourth-order valence-corrected chi connectivity index (χ4v) is 0. The van der Waals surface area contributed by atoms with Crippen molar-refractivity contribution in [3.63, 3.8) is 0 Å². The number of rotatable bonds is 0. The monoisotopic (exact) mass is 107 g/mol. The molecular weight excluding hydrogens is 86.1 g/mol. The first-order chi connectivity index (χ1) is 2.56. The lowest BCUT2D eigenvalue weighted by molar-refractivity contribution is 0.398. The molecule has 0 bridgehead atoms. The van der Waals surface area contributed by atoms with Crippen LogP contribution in [0.5, 0.6) is 0 Å². The summed E-state index contributed by atoms with van der Waals surface area (Å²) in [5, 5.41) is 0. The molecule has 0 aromatic carbocycles. The highest BCUT2D eigenvalue weighted by molar-refractivity contribution is 4.55. The normalized spacial score (nSPS) is 10.3. The van der Waals surface area contributed by atoms with Gasteiger partial charge in [-0.05, 0) is 5.41 Å². The molecule has 0 unspecified atom stereocenters. The lowest BCUT2D eigenvalue weighted by Gasteiger charge is -2.12. The second kappa shape index (κ2) is 3.03. The van der Waals surface area contributed by atoms with E-state index < -0.39 is 0 Å². The third-order valence-electron chi connectivity index (χ3n) is 1.06. The van der Waals surface area contributed by atoms with Gasteiger partial charge in [-0.15, -0.1) is 0 Å². The van der Waals surface area contributed by atoms with Crippen LogP contribution in [0.2, 0.25) is 0 Å². The van der Waals surface area contributed by atoms with Crippen molar-refractivity contribution in [1.82, 2.24) is 6.15 Å². The van der Waals surface area contributed by atoms with Gasteiger partial charge in [0.15, 0.2) is 0 Å². The molecular formula is C6H21N. The first kappa shape index (κ1) is 10.0. The predicted octanol–water partition coefficient (Wildman–Crippen LogP) is 3.10. The van der Waals surface area contributed by atoms with Crippen LogP contribution in [-0.2, 0) is 0 Å². The van der Waals surface area contributed by atoms with Crippen molar-refractivity contribution in [3.05, 3.63) is 0 Å². The summed E-state index contributed by atoms with van der Waals surface area (Å²) in [7, 11) is 0. The van der Waals surface area contributed by atoms with E-state index in [-0.39, 0.29) is 9.00 Å². The van der Waals surface area contributed by atoms with Gasteiger partial charge in [0.2, 0.25) is 0 Å². The molecule has 0 radical (unpaired) electrons. The van der Waals surface area contributed by atoms with Gasteiger partial charge in [-0.3, -0.25) is 0 Å². The average molecular weight is 107 g/mol. The van der Waals surface area contributed by atoms with E-state index in [0.29, 0.717) is 5.41 Å². The summed E-state index contributed by atoms with van der Waals surface area (Å²) in [5.41, 5.74) is 0.542. The minimum Gasteiger partial charge on any atom is -0.344 e. The molecule has 0 atom stereocenters. The molecule has 0 spiro atoms. The summed E-state index contributed by atoms with van der Waals surface area (Å²) in [6.07, 6.45) is 1.27. The highest BCUT2D eigenvalue weighted by atomic mass is 14.1. The highest BCUT2D eigenvalue weighted by Gasteiger charge is 2.03. The van der Waals surface area contributed by atoms with Crippen LogP contribution in [0.25, 0.3) is 0 Å². The molecule has 0 amide bonds. The number of hydrogen-bond donors (Lipinski definition) is 1. The Morgan fingerprint density at radius 2 is 1.43 bits per heavy atom. The molecule has 1 nitrogen and oxygen atoms in total. The van der Waals surface area contributed by atoms with Gasteiger partial charge < -0.3 is 6.15 Å². The first-order valence-corrected chi connectivity index (χ1v) is 2.56. The van der Waals surface area contributed by atoms with Gasteiger partial charge in [0.25, 0.3) is 0 Å². The van der Waals surface area contributed by atoms with Crippen LogP contribution < -0.4 is 6.15 Å². The minimum absolute atomic E-state index is 0. The summed E-state index contributed by atoms with van der Waals surface area (Å²) < 4.78 is 0. The molecule has 0 aliphatic rings. The molecule has 0 saturated heterocycles. The second-order valence-electron chi connectivity index (χ2n) is 2.91. The first-order valence-electron chi connectivity index (χ1n) is 2.56. The predicted molar refractivity (Wildman–Crippen MR) is 39.0 cm³/mol. The van der Waals surface area contributed by atoms with Crippen molar-refractivity contribution >= 4 is 0 Å². The van der Waals surface area contributed by atoms with Crippen molar-refractivity contribution in [3.8, 4) is 0 Å². The topological polar surface area (TPSA) is 35.0 Å². The van der Waals surface area contributed by atoms with Crippen LogP contribution in [0.15, 0.2) is 0 Å². The van der Waals surface area contributed by atoms with E-state index in [4.69, 9.17) is 0 Å². The third-order valence-corrected chi connectivity index (χ3v) is 1.06. The largest absolute Gasteiger partial charge is 0.344 e. The quantitative estimate of drug-likeness (QED) is 0.507. The van der Waals surface area contributed by atoms with Gasteiger partial charge >= 0.3 is 0 Å². The maximum atomic E-state index is 2.24. The van der Waals surface area contributed by atoms with E-state index >= 15 is 0 Å². The van der Waals surface area contributed by atoms with Gasteiger partial charge in [0.05, 0.1) is 0 Å². The Labute approximate surface area is 49.7 Å². The van der Waals surface area contributed by atoms with Crippen LogP contribution >= 0.6 is 0 Å². The Bertz CT molecular complexity index is 40.8. The van der Waals surface area contributed by atoms with Crippen LogP contribution in [0.3, 0.4) is 0 Å². The Hall–Kier alpha value is -0.0400. The van der Waals surface area contributed by atoms with E-state index in [0.717, 1.165) is 0 Å². The van der Waals surface area contributed by atoms with Crippen LogP contribution in [0, 0.1) is 5.41 Å². The molecule has 0 aliphatic carbocycles. The van der Waals surface area contributed by atoms with Gasteiger partial charge in [0.1, 0.15) is 0 Å². The molecule has 0 fully saturated rings. The Balaban J connectivity index is -0.0000000417. The smallest absolute Gasteiger partial charge is 0 e. The zero-order chi connectivity index (χ0) is 5.21. The Kier molecular flexibility index (Phi) is 4.35. The van der Waals surface area contributed by atoms with Gasteiger partial charge in [-0.2, -0.15) is 0 Å². The van der Waals surface area contributed by atoms with Crippen molar-refractivity contribution in [2.45, 2.75) is 34.1 Å². The third kappa shape index (κ3) is 10.7. The second-order valence-corrected chi connectivity index (χ2v) is 2.91. The molecule has 0 saturated carbocycles. The highest BCUT2D eigenvalue weighted by Crippen LogP contribution is 2.16. The maximum absolute atomic E-state index is 2.24. The van der Waals surface area contributed by atoms with Crippen LogP contribution in [0.4, 0.5) is 0 Å². The van der Waals surface area contributed by atoms with E-state index in [9.17, 15) is 0 Å². The van der Waals surface area contributed by atoms with Crippen molar-refractivity contribution in [2.75, 3.05) is 0 Å². The molecule has 0 aliphatic heterocycles. The van der Waals surface area contributed by atoms with Gasteiger partial charge in [-0.1, -0.05) is 34.1 Å². The summed E-state index contributed by atoms with van der Waals surface area (Å²) in [6.45, 7) is 8.94. The minimum atomic E-state index is 0. The Morgan fingerprint density at radius 3 is 1.43 bits per heavy atom. The molecule has 0 aromatic rings.